The highest BCUT2D eigenvalue weighted by atomic mass is 16.5. The van der Waals surface area contributed by atoms with Gasteiger partial charge in [0.1, 0.15) is 0 Å². The van der Waals surface area contributed by atoms with Gasteiger partial charge in [0.15, 0.2) is 0 Å². The van der Waals surface area contributed by atoms with Gasteiger partial charge in [0, 0.05) is 11.3 Å². The van der Waals surface area contributed by atoms with Crippen LogP contribution in [0.3, 0.4) is 0 Å². The third-order valence-electron chi connectivity index (χ3n) is 1.53. The van der Waals surface area contributed by atoms with Gasteiger partial charge in [0.05, 0.1) is 0 Å². The number of rotatable bonds is 1. The zero-order valence-electron chi connectivity index (χ0n) is 6.27. The molecular weight excluding hydrogens is 154 g/mol. The standard InChI is InChI=1S/C8H7N3O/c9-7-3-1-6(2-4-7)8-10-5-12-11-8/h1-5H,9H2. The van der Waals surface area contributed by atoms with Gasteiger partial charge in [0.2, 0.25) is 12.2 Å². The third kappa shape index (κ3) is 1.14. The fourth-order valence-electron chi connectivity index (χ4n) is 0.930. The Morgan fingerprint density at radius 3 is 2.50 bits per heavy atom. The van der Waals surface area contributed by atoms with E-state index < -0.39 is 0 Å². The van der Waals surface area contributed by atoms with Gasteiger partial charge in [0.25, 0.3) is 0 Å². The highest BCUT2D eigenvalue weighted by Crippen LogP contribution is 2.15. The summed E-state index contributed by atoms with van der Waals surface area (Å²) >= 11 is 0. The van der Waals surface area contributed by atoms with Crippen LogP contribution in [-0.2, 0) is 0 Å². The first-order chi connectivity index (χ1) is 5.86. The van der Waals surface area contributed by atoms with Crippen molar-refractivity contribution < 1.29 is 4.52 Å². The highest BCUT2D eigenvalue weighted by molar-refractivity contribution is 5.57. The quantitative estimate of drug-likeness (QED) is 0.640. The number of nitrogen functional groups attached to an aromatic ring is 1. The van der Waals surface area contributed by atoms with E-state index in [9.17, 15) is 0 Å². The third-order valence-corrected chi connectivity index (χ3v) is 1.53. The number of anilines is 1. The maximum Gasteiger partial charge on any atom is 0.214 e. The predicted molar refractivity (Wildman–Crippen MR) is 44.1 cm³/mol. The molecule has 0 aliphatic heterocycles. The molecule has 0 saturated heterocycles. The van der Waals surface area contributed by atoms with E-state index in [0.717, 1.165) is 11.3 Å². The van der Waals surface area contributed by atoms with Crippen LogP contribution in [0.1, 0.15) is 0 Å². The van der Waals surface area contributed by atoms with Crippen molar-refractivity contribution in [3.05, 3.63) is 30.7 Å². The number of nitrogens with zero attached hydrogens (tertiary/aromatic N) is 2. The number of hydrogen-bond acceptors (Lipinski definition) is 4. The van der Waals surface area contributed by atoms with Crippen molar-refractivity contribution in [2.75, 3.05) is 5.73 Å². The Balaban J connectivity index is 2.43. The second-order valence-corrected chi connectivity index (χ2v) is 2.38. The molecule has 0 spiro atoms. The lowest BCUT2D eigenvalue weighted by Gasteiger charge is -1.93. The van der Waals surface area contributed by atoms with Crippen molar-refractivity contribution in [2.45, 2.75) is 0 Å². The topological polar surface area (TPSA) is 64.9 Å². The van der Waals surface area contributed by atoms with Crippen LogP contribution in [0.2, 0.25) is 0 Å². The van der Waals surface area contributed by atoms with Gasteiger partial charge < -0.3 is 10.3 Å². The lowest BCUT2D eigenvalue weighted by molar-refractivity contribution is 0.419. The summed E-state index contributed by atoms with van der Waals surface area (Å²) in [6.45, 7) is 0. The average molecular weight is 161 g/mol. The molecule has 4 nitrogen and oxygen atoms in total. The summed E-state index contributed by atoms with van der Waals surface area (Å²) in [4.78, 5) is 3.90. The summed E-state index contributed by atoms with van der Waals surface area (Å²) in [5.74, 6) is 0.579. The molecule has 0 fully saturated rings. The van der Waals surface area contributed by atoms with E-state index in [1.54, 1.807) is 12.1 Å². The van der Waals surface area contributed by atoms with Crippen molar-refractivity contribution in [2.24, 2.45) is 0 Å². The second kappa shape index (κ2) is 2.65. The van der Waals surface area contributed by atoms with Gasteiger partial charge in [-0.05, 0) is 24.3 Å². The van der Waals surface area contributed by atoms with Crippen LogP contribution in [0.25, 0.3) is 11.4 Å². The molecule has 0 atom stereocenters. The van der Waals surface area contributed by atoms with Crippen molar-refractivity contribution in [1.82, 2.24) is 10.1 Å². The Bertz CT molecular complexity index is 352. The molecule has 1 aromatic heterocycles. The molecule has 2 N–H and O–H groups in total. The fraction of sp³-hybridized carbons (Fsp3) is 0. The van der Waals surface area contributed by atoms with Crippen molar-refractivity contribution in [3.63, 3.8) is 0 Å². The summed E-state index contributed by atoms with van der Waals surface area (Å²) < 4.78 is 4.61. The summed E-state index contributed by atoms with van der Waals surface area (Å²) in [6.07, 6.45) is 1.30. The minimum atomic E-state index is 0.579. The molecule has 0 unspecified atom stereocenters. The summed E-state index contributed by atoms with van der Waals surface area (Å²) in [5.41, 5.74) is 7.14. The Hall–Kier alpha value is -1.84. The van der Waals surface area contributed by atoms with E-state index in [1.165, 1.54) is 6.39 Å². The molecule has 2 rings (SSSR count). The van der Waals surface area contributed by atoms with Gasteiger partial charge in [-0.1, -0.05) is 5.16 Å². The molecule has 0 radical (unpaired) electrons. The van der Waals surface area contributed by atoms with Crippen LogP contribution < -0.4 is 5.73 Å². The summed E-state index contributed by atoms with van der Waals surface area (Å²) in [6, 6.07) is 7.29. The van der Waals surface area contributed by atoms with E-state index in [0.29, 0.717) is 5.82 Å². The van der Waals surface area contributed by atoms with Gasteiger partial charge in [-0.3, -0.25) is 0 Å². The van der Waals surface area contributed by atoms with Crippen molar-refractivity contribution in [1.29, 1.82) is 0 Å². The van der Waals surface area contributed by atoms with E-state index in [4.69, 9.17) is 5.73 Å². The molecular formula is C8H7N3O. The maximum absolute atomic E-state index is 5.52. The van der Waals surface area contributed by atoms with Crippen LogP contribution >= 0.6 is 0 Å². The first kappa shape index (κ1) is 6.84. The van der Waals surface area contributed by atoms with Gasteiger partial charge in [-0.2, -0.15) is 4.98 Å². The fourth-order valence-corrected chi connectivity index (χ4v) is 0.930. The van der Waals surface area contributed by atoms with Gasteiger partial charge >= 0.3 is 0 Å². The molecule has 0 saturated carbocycles. The molecule has 0 amide bonds. The second-order valence-electron chi connectivity index (χ2n) is 2.38. The molecule has 0 aliphatic carbocycles. The lowest BCUT2D eigenvalue weighted by Crippen LogP contribution is -1.84. The molecule has 0 aliphatic rings. The number of hydrogen-bond donors (Lipinski definition) is 1. The minimum absolute atomic E-state index is 0.579. The van der Waals surface area contributed by atoms with Crippen LogP contribution in [0.5, 0.6) is 0 Å². The highest BCUT2D eigenvalue weighted by Gasteiger charge is 2.00. The van der Waals surface area contributed by atoms with E-state index in [-0.39, 0.29) is 0 Å². The van der Waals surface area contributed by atoms with Crippen molar-refractivity contribution >= 4 is 5.69 Å². The Morgan fingerprint density at radius 1 is 1.17 bits per heavy atom. The van der Waals surface area contributed by atoms with E-state index >= 15 is 0 Å². The van der Waals surface area contributed by atoms with Crippen LogP contribution in [0, 0.1) is 0 Å². The zero-order valence-corrected chi connectivity index (χ0v) is 6.27. The van der Waals surface area contributed by atoms with Gasteiger partial charge in [-0.25, -0.2) is 0 Å². The molecule has 0 bridgehead atoms. The van der Waals surface area contributed by atoms with Crippen LogP contribution in [-0.4, -0.2) is 10.1 Å². The SMILES string of the molecule is Nc1ccc(-c2ncon2)cc1. The summed E-state index contributed by atoms with van der Waals surface area (Å²) in [7, 11) is 0. The molecule has 12 heavy (non-hydrogen) atoms. The minimum Gasteiger partial charge on any atom is -0.399 e. The smallest absolute Gasteiger partial charge is 0.214 e. The van der Waals surface area contributed by atoms with Gasteiger partial charge in [-0.15, -0.1) is 0 Å². The molecule has 1 heterocycles. The normalized spacial score (nSPS) is 10.0. The molecule has 4 heteroatoms. The monoisotopic (exact) mass is 161 g/mol. The first-order valence-corrected chi connectivity index (χ1v) is 3.48. The Kier molecular flexibility index (Phi) is 1.51. The number of aromatic nitrogens is 2. The number of benzene rings is 1. The first-order valence-electron chi connectivity index (χ1n) is 3.48. The van der Waals surface area contributed by atoms with Crippen molar-refractivity contribution in [3.8, 4) is 11.4 Å². The molecule has 2 aromatic rings. The van der Waals surface area contributed by atoms with E-state index in [1.807, 2.05) is 12.1 Å². The largest absolute Gasteiger partial charge is 0.399 e. The molecule has 1 aromatic carbocycles. The lowest BCUT2D eigenvalue weighted by atomic mass is 10.2. The maximum atomic E-state index is 5.52. The Morgan fingerprint density at radius 2 is 1.92 bits per heavy atom. The Labute approximate surface area is 69.0 Å². The van der Waals surface area contributed by atoms with Crippen LogP contribution in [0.15, 0.2) is 35.2 Å². The molecule has 60 valence electrons. The summed E-state index contributed by atoms with van der Waals surface area (Å²) in [5, 5.41) is 3.69. The zero-order chi connectivity index (χ0) is 8.39. The predicted octanol–water partition coefficient (Wildman–Crippen LogP) is 1.32. The van der Waals surface area contributed by atoms with Crippen LogP contribution in [0.4, 0.5) is 5.69 Å². The average Bonchev–Trinajstić information content (AvgIpc) is 2.58. The number of nitrogens with two attached hydrogens (primary N) is 1. The van der Waals surface area contributed by atoms with E-state index in [2.05, 4.69) is 14.7 Å².